The molecular weight excluding hydrogens is 426 g/mol. The van der Waals surface area contributed by atoms with Crippen LogP contribution < -0.4 is 19.1 Å². The van der Waals surface area contributed by atoms with Crippen LogP contribution in [0.3, 0.4) is 0 Å². The van der Waals surface area contributed by atoms with E-state index in [2.05, 4.69) is 18.8 Å². The molecule has 3 rings (SSSR count). The van der Waals surface area contributed by atoms with Crippen molar-refractivity contribution in [1.82, 2.24) is 4.98 Å². The van der Waals surface area contributed by atoms with E-state index < -0.39 is 16.5 Å². The van der Waals surface area contributed by atoms with Gasteiger partial charge >= 0.3 is 5.69 Å². The second-order valence-corrected chi connectivity index (χ2v) is 8.20. The van der Waals surface area contributed by atoms with E-state index >= 15 is 0 Å². The number of nitro groups is 1. The Labute approximate surface area is 192 Å². The Morgan fingerprint density at radius 3 is 2.33 bits per heavy atom. The molecule has 0 aliphatic rings. The maximum Gasteiger partial charge on any atom is 0.327 e. The van der Waals surface area contributed by atoms with E-state index in [4.69, 9.17) is 14.2 Å². The Balaban J connectivity index is 2.24. The number of hydrogen-bond donors (Lipinski definition) is 1. The van der Waals surface area contributed by atoms with Crippen molar-refractivity contribution in [3.63, 3.8) is 0 Å². The van der Waals surface area contributed by atoms with Gasteiger partial charge in [0.1, 0.15) is 5.56 Å². The number of nitrogens with zero attached hydrogens (tertiary/aromatic N) is 2. The summed E-state index contributed by atoms with van der Waals surface area (Å²) in [5.74, 6) is -0.160. The van der Waals surface area contributed by atoms with Gasteiger partial charge < -0.3 is 24.1 Å². The average molecular weight is 456 g/mol. The lowest BCUT2D eigenvalue weighted by molar-refractivity contribution is -0.386. The molecule has 0 spiro atoms. The Morgan fingerprint density at radius 2 is 1.76 bits per heavy atom. The van der Waals surface area contributed by atoms with E-state index in [-0.39, 0.29) is 28.9 Å². The van der Waals surface area contributed by atoms with Crippen LogP contribution in [0.5, 0.6) is 17.2 Å². The molecule has 0 saturated heterocycles. The van der Waals surface area contributed by atoms with E-state index in [0.29, 0.717) is 18.0 Å². The summed E-state index contributed by atoms with van der Waals surface area (Å²) < 4.78 is 15.9. The van der Waals surface area contributed by atoms with Gasteiger partial charge in [-0.15, -0.1) is 0 Å². The number of rotatable bonds is 9. The zero-order valence-electron chi connectivity index (χ0n) is 19.7. The number of hydrogen-bond acceptors (Lipinski definition) is 6. The van der Waals surface area contributed by atoms with E-state index in [1.165, 1.54) is 27.4 Å². The fraction of sp³-hybridized carbons (Fsp3) is 0.375. The van der Waals surface area contributed by atoms with Gasteiger partial charge in [0, 0.05) is 34.9 Å². The van der Waals surface area contributed by atoms with Gasteiger partial charge in [0.25, 0.3) is 5.91 Å². The van der Waals surface area contributed by atoms with Gasteiger partial charge in [0.05, 0.1) is 26.3 Å². The lowest BCUT2D eigenvalue weighted by Gasteiger charge is -2.31. The van der Waals surface area contributed by atoms with E-state index in [1.54, 1.807) is 4.90 Å². The third kappa shape index (κ3) is 4.57. The highest BCUT2D eigenvalue weighted by Crippen LogP contribution is 2.47. The zero-order valence-corrected chi connectivity index (χ0v) is 19.7. The van der Waals surface area contributed by atoms with Gasteiger partial charge in [-0.1, -0.05) is 13.8 Å². The maximum absolute atomic E-state index is 14.0. The van der Waals surface area contributed by atoms with Gasteiger partial charge in [-0.05, 0) is 43.5 Å². The number of aromatic amines is 1. The van der Waals surface area contributed by atoms with Crippen molar-refractivity contribution >= 4 is 28.2 Å². The zero-order chi connectivity index (χ0) is 24.3. The summed E-state index contributed by atoms with van der Waals surface area (Å²) in [4.78, 5) is 30.1. The van der Waals surface area contributed by atoms with Crippen LogP contribution in [0.2, 0.25) is 0 Å². The molecule has 1 atom stereocenters. The van der Waals surface area contributed by atoms with E-state index in [9.17, 15) is 14.9 Å². The maximum atomic E-state index is 14.0. The van der Waals surface area contributed by atoms with Crippen molar-refractivity contribution in [2.45, 2.75) is 33.2 Å². The third-order valence-electron chi connectivity index (χ3n) is 5.50. The van der Waals surface area contributed by atoms with Crippen molar-refractivity contribution in [3.05, 3.63) is 52.2 Å². The van der Waals surface area contributed by atoms with Crippen molar-refractivity contribution in [2.75, 3.05) is 26.2 Å². The van der Waals surface area contributed by atoms with Gasteiger partial charge in [0.2, 0.25) is 11.5 Å². The SMILES string of the molecule is COc1cc(C(=O)N(c2ccc3[nH]ccc3c2)C(C)CC(C)C)c([N+](=O)[O-])c(OC)c1OC. The summed E-state index contributed by atoms with van der Waals surface area (Å²) in [6.07, 6.45) is 2.53. The number of nitrogens with one attached hydrogen (secondary N) is 1. The molecule has 2 aromatic carbocycles. The number of ether oxygens (including phenoxy) is 3. The van der Waals surface area contributed by atoms with Crippen LogP contribution in [0.1, 0.15) is 37.6 Å². The van der Waals surface area contributed by atoms with Crippen LogP contribution in [0.15, 0.2) is 36.5 Å². The Morgan fingerprint density at radius 1 is 1.06 bits per heavy atom. The highest BCUT2D eigenvalue weighted by molar-refractivity contribution is 6.11. The molecule has 0 radical (unpaired) electrons. The van der Waals surface area contributed by atoms with Crippen LogP contribution in [0.4, 0.5) is 11.4 Å². The number of H-pyrrole nitrogens is 1. The predicted molar refractivity (Wildman–Crippen MR) is 127 cm³/mol. The topological polar surface area (TPSA) is 107 Å². The van der Waals surface area contributed by atoms with Crippen molar-refractivity contribution in [2.24, 2.45) is 5.92 Å². The normalized spacial score (nSPS) is 12.0. The van der Waals surface area contributed by atoms with Crippen LogP contribution in [0.25, 0.3) is 10.9 Å². The van der Waals surface area contributed by atoms with Crippen molar-refractivity contribution in [3.8, 4) is 17.2 Å². The molecule has 0 saturated carbocycles. The minimum absolute atomic E-state index is 0.0544. The number of aromatic nitrogens is 1. The molecule has 0 aliphatic carbocycles. The predicted octanol–water partition coefficient (Wildman–Crippen LogP) is 5.18. The summed E-state index contributed by atoms with van der Waals surface area (Å²) in [6, 6.07) is 8.63. The number of nitro benzene ring substituents is 1. The first-order valence-corrected chi connectivity index (χ1v) is 10.6. The molecule has 1 unspecified atom stereocenters. The molecule has 33 heavy (non-hydrogen) atoms. The molecule has 3 aromatic rings. The first-order chi connectivity index (χ1) is 15.7. The van der Waals surface area contributed by atoms with Crippen molar-refractivity contribution in [1.29, 1.82) is 0 Å². The number of amides is 1. The highest BCUT2D eigenvalue weighted by Gasteiger charge is 2.36. The van der Waals surface area contributed by atoms with Crippen LogP contribution in [0, 0.1) is 16.0 Å². The monoisotopic (exact) mass is 455 g/mol. The average Bonchev–Trinajstić information content (AvgIpc) is 3.24. The molecule has 0 bridgehead atoms. The molecule has 9 nitrogen and oxygen atoms in total. The number of methoxy groups -OCH3 is 3. The molecule has 0 aliphatic heterocycles. The Hall–Kier alpha value is -3.75. The summed E-state index contributed by atoms with van der Waals surface area (Å²) in [5.41, 5.74) is 0.966. The lowest BCUT2D eigenvalue weighted by Crippen LogP contribution is -2.40. The molecule has 176 valence electrons. The fourth-order valence-electron chi connectivity index (χ4n) is 4.17. The second kappa shape index (κ2) is 9.81. The standard InChI is InChI=1S/C24H29N3O6/c1-14(2)11-15(3)26(17-7-8-19-16(12-17)9-10-25-19)24(28)18-13-20(31-4)22(32-5)23(33-6)21(18)27(29)30/h7-10,12-15,25H,11H2,1-6H3. The number of carbonyl (C=O) groups is 1. The first kappa shape index (κ1) is 23.9. The van der Waals surface area contributed by atoms with Crippen LogP contribution in [-0.2, 0) is 0 Å². The van der Waals surface area contributed by atoms with Gasteiger partial charge in [0.15, 0.2) is 5.75 Å². The molecular formula is C24H29N3O6. The molecule has 9 heteroatoms. The van der Waals surface area contributed by atoms with Crippen LogP contribution in [-0.4, -0.2) is 43.2 Å². The number of fused-ring (bicyclic) bond motifs is 1. The quantitative estimate of drug-likeness (QED) is 0.352. The minimum atomic E-state index is -0.630. The lowest BCUT2D eigenvalue weighted by atomic mass is 10.0. The summed E-state index contributed by atoms with van der Waals surface area (Å²) >= 11 is 0. The smallest absolute Gasteiger partial charge is 0.327 e. The highest BCUT2D eigenvalue weighted by atomic mass is 16.6. The summed E-state index contributed by atoms with van der Waals surface area (Å²) in [7, 11) is 4.04. The summed E-state index contributed by atoms with van der Waals surface area (Å²) in [5, 5.41) is 13.0. The molecule has 1 amide bonds. The molecule has 1 N–H and O–H groups in total. The van der Waals surface area contributed by atoms with E-state index in [1.807, 2.05) is 37.4 Å². The molecule has 0 fully saturated rings. The number of anilines is 1. The number of benzene rings is 2. The van der Waals surface area contributed by atoms with E-state index in [0.717, 1.165) is 10.9 Å². The first-order valence-electron chi connectivity index (χ1n) is 10.6. The molecule has 1 heterocycles. The fourth-order valence-corrected chi connectivity index (χ4v) is 4.17. The van der Waals surface area contributed by atoms with Gasteiger partial charge in [-0.25, -0.2) is 0 Å². The molecule has 1 aromatic heterocycles. The van der Waals surface area contributed by atoms with Crippen LogP contribution >= 0.6 is 0 Å². The summed E-state index contributed by atoms with van der Waals surface area (Å²) in [6.45, 7) is 6.07. The van der Waals surface area contributed by atoms with Gasteiger partial charge in [-0.3, -0.25) is 14.9 Å². The number of carbonyl (C=O) groups excluding carboxylic acids is 1. The minimum Gasteiger partial charge on any atom is -0.493 e. The Bertz CT molecular complexity index is 1170. The third-order valence-corrected chi connectivity index (χ3v) is 5.50. The van der Waals surface area contributed by atoms with Crippen molar-refractivity contribution < 1.29 is 23.9 Å². The largest absolute Gasteiger partial charge is 0.493 e. The Kier molecular flexibility index (Phi) is 7.10. The van der Waals surface area contributed by atoms with Gasteiger partial charge in [-0.2, -0.15) is 0 Å². The second-order valence-electron chi connectivity index (χ2n) is 8.20.